The molecule has 0 fully saturated rings. The molecule has 0 heterocycles. The van der Waals surface area contributed by atoms with Crippen LogP contribution in [0.2, 0.25) is 0 Å². The molecule has 0 amide bonds. The molecule has 8 heteroatoms. The topological polar surface area (TPSA) is 119 Å². The van der Waals surface area contributed by atoms with Crippen molar-refractivity contribution in [2.45, 2.75) is 6.29 Å². The highest BCUT2D eigenvalue weighted by atomic mass is 16.5. The maximum Gasteiger partial charge on any atom is 0.218 e. The molecule has 2 aromatic rings. The summed E-state index contributed by atoms with van der Waals surface area (Å²) in [4.78, 5) is 33.0. The summed E-state index contributed by atoms with van der Waals surface area (Å²) in [6.07, 6.45) is -0.827. The van der Waals surface area contributed by atoms with Crippen LogP contribution in [-0.2, 0) is 4.74 Å². The number of aliphatic hydroxyl groups excluding tert-OH is 1. The number of Topliss-reactive ketones (excluding diaryl/α,β-unsaturated/α-hetero) is 1. The van der Waals surface area contributed by atoms with Gasteiger partial charge in [-0.1, -0.05) is 0 Å². The molecule has 0 spiro atoms. The van der Waals surface area contributed by atoms with Gasteiger partial charge in [-0.15, -0.1) is 0 Å². The number of hydrogen-bond donors (Lipinski definition) is 2. The van der Waals surface area contributed by atoms with Crippen LogP contribution in [0, 0.1) is 0 Å². The summed E-state index contributed by atoms with van der Waals surface area (Å²) in [5, 5.41) is 17.7. The third-order valence-electron chi connectivity index (χ3n) is 3.68. The van der Waals surface area contributed by atoms with Gasteiger partial charge in [0.1, 0.15) is 24.7 Å². The molecule has 0 radical (unpaired) electrons. The molecule has 148 valence electrons. The minimum Gasteiger partial charge on any atom is -0.491 e. The number of aldehydes is 2. The predicted molar refractivity (Wildman–Crippen MR) is 98.0 cm³/mol. The summed E-state index contributed by atoms with van der Waals surface area (Å²) < 4.78 is 16.3. The number of benzene rings is 2. The second kappa shape index (κ2) is 10.9. The smallest absolute Gasteiger partial charge is 0.218 e. The van der Waals surface area contributed by atoms with E-state index in [0.29, 0.717) is 42.8 Å². The van der Waals surface area contributed by atoms with Gasteiger partial charge in [0.2, 0.25) is 12.1 Å². The van der Waals surface area contributed by atoms with Crippen LogP contribution in [-0.4, -0.2) is 61.3 Å². The lowest BCUT2D eigenvalue weighted by Crippen LogP contribution is -2.19. The fourth-order valence-electron chi connectivity index (χ4n) is 2.26. The Morgan fingerprint density at radius 1 is 0.821 bits per heavy atom. The molecule has 0 aliphatic rings. The van der Waals surface area contributed by atoms with Crippen molar-refractivity contribution in [1.29, 1.82) is 0 Å². The van der Waals surface area contributed by atoms with E-state index in [4.69, 9.17) is 24.4 Å². The molecule has 0 saturated carbocycles. The van der Waals surface area contributed by atoms with E-state index in [2.05, 4.69) is 0 Å². The van der Waals surface area contributed by atoms with E-state index < -0.39 is 12.1 Å². The molecule has 0 bridgehead atoms. The van der Waals surface area contributed by atoms with Crippen molar-refractivity contribution < 1.29 is 38.8 Å². The number of carbonyl (C=O) groups excluding carboxylic acids is 3. The Kier molecular flexibility index (Phi) is 8.29. The monoisotopic (exact) mass is 388 g/mol. The second-order valence-electron chi connectivity index (χ2n) is 5.60. The van der Waals surface area contributed by atoms with E-state index in [1.165, 1.54) is 24.3 Å². The molecule has 0 atom stereocenters. The number of aliphatic hydroxyl groups is 2. The van der Waals surface area contributed by atoms with Crippen molar-refractivity contribution in [1.82, 2.24) is 0 Å². The zero-order chi connectivity index (χ0) is 20.4. The SMILES string of the molecule is O=Cc1ccc(OCCOCCOc2ccc(C(=O)C(O)O)cc2)cc1C=O. The van der Waals surface area contributed by atoms with Gasteiger partial charge < -0.3 is 24.4 Å². The van der Waals surface area contributed by atoms with Gasteiger partial charge >= 0.3 is 0 Å². The van der Waals surface area contributed by atoms with Crippen LogP contribution in [0.3, 0.4) is 0 Å². The number of ketones is 1. The summed E-state index contributed by atoms with van der Waals surface area (Å²) in [6.45, 7) is 1.15. The van der Waals surface area contributed by atoms with Crippen molar-refractivity contribution in [2.75, 3.05) is 26.4 Å². The molecule has 2 aromatic carbocycles. The zero-order valence-electron chi connectivity index (χ0n) is 14.9. The van der Waals surface area contributed by atoms with E-state index in [9.17, 15) is 14.4 Å². The van der Waals surface area contributed by atoms with Crippen LogP contribution in [0.4, 0.5) is 0 Å². The first kappa shape index (κ1) is 21.2. The van der Waals surface area contributed by atoms with Crippen LogP contribution in [0.5, 0.6) is 11.5 Å². The fraction of sp³-hybridized carbons (Fsp3) is 0.250. The third kappa shape index (κ3) is 6.27. The van der Waals surface area contributed by atoms with Gasteiger partial charge in [-0.25, -0.2) is 0 Å². The number of carbonyl (C=O) groups is 3. The first-order valence-electron chi connectivity index (χ1n) is 8.43. The van der Waals surface area contributed by atoms with Crippen molar-refractivity contribution in [3.63, 3.8) is 0 Å². The Bertz CT molecular complexity index is 798. The van der Waals surface area contributed by atoms with Gasteiger partial charge in [0, 0.05) is 16.7 Å². The van der Waals surface area contributed by atoms with Crippen LogP contribution >= 0.6 is 0 Å². The van der Waals surface area contributed by atoms with E-state index in [-0.39, 0.29) is 24.3 Å². The largest absolute Gasteiger partial charge is 0.491 e. The minimum absolute atomic E-state index is 0.176. The van der Waals surface area contributed by atoms with Gasteiger partial charge in [-0.05, 0) is 42.5 Å². The Morgan fingerprint density at radius 2 is 1.39 bits per heavy atom. The zero-order valence-corrected chi connectivity index (χ0v) is 14.9. The van der Waals surface area contributed by atoms with Crippen molar-refractivity contribution in [2.24, 2.45) is 0 Å². The van der Waals surface area contributed by atoms with E-state index >= 15 is 0 Å². The number of ether oxygens (including phenoxy) is 3. The first-order chi connectivity index (χ1) is 13.5. The van der Waals surface area contributed by atoms with Gasteiger partial charge in [-0.2, -0.15) is 0 Å². The van der Waals surface area contributed by atoms with Crippen LogP contribution in [0.1, 0.15) is 31.1 Å². The van der Waals surface area contributed by atoms with Crippen molar-refractivity contribution in [3.8, 4) is 11.5 Å². The van der Waals surface area contributed by atoms with Crippen LogP contribution in [0.25, 0.3) is 0 Å². The molecular weight excluding hydrogens is 368 g/mol. The lowest BCUT2D eigenvalue weighted by molar-refractivity contribution is -0.0195. The standard InChI is InChI=1S/C20H20O8/c21-12-15-3-6-18(11-16(15)13-22)28-10-8-26-7-9-27-17-4-1-14(2-5-17)19(23)20(24)25/h1-6,11-13,20,24-25H,7-10H2. The van der Waals surface area contributed by atoms with Crippen LogP contribution < -0.4 is 9.47 Å². The van der Waals surface area contributed by atoms with Crippen LogP contribution in [0.15, 0.2) is 42.5 Å². The first-order valence-corrected chi connectivity index (χ1v) is 8.43. The Hall–Kier alpha value is -3.07. The molecule has 2 N–H and O–H groups in total. The second-order valence-corrected chi connectivity index (χ2v) is 5.60. The molecule has 28 heavy (non-hydrogen) atoms. The minimum atomic E-state index is -2.03. The molecule has 0 aromatic heterocycles. The maximum absolute atomic E-state index is 11.4. The summed E-state index contributed by atoms with van der Waals surface area (Å²) in [7, 11) is 0. The molecular formula is C20H20O8. The highest BCUT2D eigenvalue weighted by Gasteiger charge is 2.13. The van der Waals surface area contributed by atoms with Crippen molar-refractivity contribution in [3.05, 3.63) is 59.2 Å². The molecule has 8 nitrogen and oxygen atoms in total. The average Bonchev–Trinajstić information content (AvgIpc) is 2.72. The molecule has 0 unspecified atom stereocenters. The summed E-state index contributed by atoms with van der Waals surface area (Å²) in [5.41, 5.74) is 0.749. The van der Waals surface area contributed by atoms with Gasteiger partial charge in [0.05, 0.1) is 13.2 Å². The summed E-state index contributed by atoms with van der Waals surface area (Å²) in [5.74, 6) is 0.201. The highest BCUT2D eigenvalue weighted by molar-refractivity contribution is 5.98. The number of hydrogen-bond acceptors (Lipinski definition) is 8. The van der Waals surface area contributed by atoms with E-state index in [0.717, 1.165) is 0 Å². The normalized spacial score (nSPS) is 10.5. The summed E-state index contributed by atoms with van der Waals surface area (Å²) in [6, 6.07) is 10.6. The Labute approximate surface area is 161 Å². The molecule has 0 aliphatic heterocycles. The molecule has 0 aliphatic carbocycles. The van der Waals surface area contributed by atoms with E-state index in [1.807, 2.05) is 0 Å². The molecule has 0 saturated heterocycles. The lowest BCUT2D eigenvalue weighted by atomic mass is 10.1. The van der Waals surface area contributed by atoms with Gasteiger partial charge in [-0.3, -0.25) is 14.4 Å². The quantitative estimate of drug-likeness (QED) is 0.242. The maximum atomic E-state index is 11.4. The molecule has 2 rings (SSSR count). The van der Waals surface area contributed by atoms with Gasteiger partial charge in [0.25, 0.3) is 0 Å². The highest BCUT2D eigenvalue weighted by Crippen LogP contribution is 2.16. The van der Waals surface area contributed by atoms with Crippen molar-refractivity contribution >= 4 is 18.4 Å². The summed E-state index contributed by atoms with van der Waals surface area (Å²) >= 11 is 0. The Morgan fingerprint density at radius 3 is 1.96 bits per heavy atom. The third-order valence-corrected chi connectivity index (χ3v) is 3.68. The van der Waals surface area contributed by atoms with Gasteiger partial charge in [0.15, 0.2) is 12.6 Å². The van der Waals surface area contributed by atoms with E-state index in [1.54, 1.807) is 18.2 Å². The fourth-order valence-corrected chi connectivity index (χ4v) is 2.26. The Balaban J connectivity index is 1.64. The predicted octanol–water partition coefficient (Wildman–Crippen LogP) is 1.28. The average molecular weight is 388 g/mol. The number of rotatable bonds is 12. The lowest BCUT2D eigenvalue weighted by Gasteiger charge is -2.10.